The molecule has 1 heterocycles. The molecule has 1 aliphatic heterocycles. The second kappa shape index (κ2) is 6.43. The Morgan fingerprint density at radius 3 is 2.48 bits per heavy atom. The zero-order valence-electron chi connectivity index (χ0n) is 15.2. The standard InChI is InChI=1S/C18H25BNO4S/c1-12(2)16-10-7-14(4)11-18(16)17(21)24-19-20(18)25(22,23)15-8-5-13(3)6-9-15/h5-6,8-9,12,14,16H,7,10-11H2,1-4H3/t14-,16-,18-/m0/s1. The maximum Gasteiger partial charge on any atom is 0.498 e. The predicted octanol–water partition coefficient (Wildman–Crippen LogP) is 2.91. The van der Waals surface area contributed by atoms with Gasteiger partial charge in [-0.3, -0.25) is 4.79 Å². The first kappa shape index (κ1) is 18.5. The molecule has 3 rings (SSSR count). The summed E-state index contributed by atoms with van der Waals surface area (Å²) in [5.74, 6) is -0.0457. The van der Waals surface area contributed by atoms with Gasteiger partial charge in [-0.05, 0) is 49.7 Å². The minimum Gasteiger partial charge on any atom is -0.519 e. The number of hydrogen-bond acceptors (Lipinski definition) is 4. The summed E-state index contributed by atoms with van der Waals surface area (Å²) < 4.78 is 33.0. The zero-order valence-corrected chi connectivity index (χ0v) is 16.0. The molecule has 1 saturated carbocycles. The van der Waals surface area contributed by atoms with Crippen molar-refractivity contribution in [3.63, 3.8) is 0 Å². The number of benzene rings is 1. The van der Waals surface area contributed by atoms with Crippen LogP contribution in [0.25, 0.3) is 0 Å². The summed E-state index contributed by atoms with van der Waals surface area (Å²) in [4.78, 5) is 13.0. The lowest BCUT2D eigenvalue weighted by Crippen LogP contribution is -2.60. The average molecular weight is 362 g/mol. The van der Waals surface area contributed by atoms with Gasteiger partial charge in [0.05, 0.1) is 4.90 Å². The number of carbonyl (C=O) groups is 1. The van der Waals surface area contributed by atoms with E-state index in [4.69, 9.17) is 4.65 Å². The fraction of sp³-hybridized carbons (Fsp3) is 0.611. The molecule has 25 heavy (non-hydrogen) atoms. The lowest BCUT2D eigenvalue weighted by Gasteiger charge is -2.47. The molecule has 7 heteroatoms. The third-order valence-corrected chi connectivity index (χ3v) is 7.43. The second-order valence-corrected chi connectivity index (χ2v) is 9.60. The lowest BCUT2D eigenvalue weighted by atomic mass is 9.64. The molecule has 0 N–H and O–H groups in total. The van der Waals surface area contributed by atoms with Gasteiger partial charge in [-0.1, -0.05) is 44.9 Å². The molecular weight excluding hydrogens is 337 g/mol. The Hall–Kier alpha value is -1.34. The van der Waals surface area contributed by atoms with Gasteiger partial charge < -0.3 is 4.65 Å². The van der Waals surface area contributed by atoms with E-state index >= 15 is 0 Å². The zero-order chi connectivity index (χ0) is 18.4. The summed E-state index contributed by atoms with van der Waals surface area (Å²) in [7, 11) is -2.74. The number of aryl methyl sites for hydroxylation is 1. The van der Waals surface area contributed by atoms with E-state index in [1.54, 1.807) is 24.3 Å². The van der Waals surface area contributed by atoms with Crippen LogP contribution in [0.2, 0.25) is 0 Å². The van der Waals surface area contributed by atoms with Gasteiger partial charge in [0, 0.05) is 0 Å². The van der Waals surface area contributed by atoms with Crippen LogP contribution in [0.3, 0.4) is 0 Å². The molecule has 2 fully saturated rings. The molecule has 1 saturated heterocycles. The first-order valence-corrected chi connectivity index (χ1v) is 10.3. The molecule has 0 bridgehead atoms. The van der Waals surface area contributed by atoms with Crippen molar-refractivity contribution in [3.05, 3.63) is 29.8 Å². The first-order valence-electron chi connectivity index (χ1n) is 8.85. The molecule has 1 spiro atoms. The van der Waals surface area contributed by atoms with E-state index < -0.39 is 21.5 Å². The third-order valence-electron chi connectivity index (χ3n) is 5.63. The van der Waals surface area contributed by atoms with Crippen molar-refractivity contribution in [1.82, 2.24) is 4.22 Å². The van der Waals surface area contributed by atoms with Crippen LogP contribution in [0, 0.1) is 24.7 Å². The molecule has 0 unspecified atom stereocenters. The minimum atomic E-state index is -3.85. The fourth-order valence-corrected chi connectivity index (χ4v) is 5.91. The molecule has 1 radical (unpaired) electrons. The minimum absolute atomic E-state index is 0.0600. The highest BCUT2D eigenvalue weighted by atomic mass is 32.2. The highest BCUT2D eigenvalue weighted by molar-refractivity contribution is 7.90. The molecule has 1 aromatic rings. The topological polar surface area (TPSA) is 63.7 Å². The number of sulfonamides is 1. The van der Waals surface area contributed by atoms with Gasteiger partial charge in [0.1, 0.15) is 5.54 Å². The van der Waals surface area contributed by atoms with Crippen molar-refractivity contribution < 1.29 is 17.9 Å². The Labute approximate surface area is 151 Å². The molecule has 0 amide bonds. The largest absolute Gasteiger partial charge is 0.519 e. The van der Waals surface area contributed by atoms with E-state index in [0.29, 0.717) is 6.42 Å². The van der Waals surface area contributed by atoms with E-state index in [1.807, 2.05) is 20.8 Å². The molecule has 5 nitrogen and oxygen atoms in total. The molecule has 3 atom stereocenters. The van der Waals surface area contributed by atoms with Gasteiger partial charge in [-0.2, -0.15) is 4.22 Å². The average Bonchev–Trinajstić information content (AvgIpc) is 2.85. The van der Waals surface area contributed by atoms with Crippen molar-refractivity contribution in [2.75, 3.05) is 0 Å². The van der Waals surface area contributed by atoms with Crippen LogP contribution < -0.4 is 0 Å². The van der Waals surface area contributed by atoms with Gasteiger partial charge in [-0.25, -0.2) is 8.42 Å². The van der Waals surface area contributed by atoms with Gasteiger partial charge in [0.15, 0.2) is 0 Å². The summed E-state index contributed by atoms with van der Waals surface area (Å²) in [6, 6.07) is 6.71. The monoisotopic (exact) mass is 362 g/mol. The lowest BCUT2D eigenvalue weighted by molar-refractivity contribution is -0.145. The van der Waals surface area contributed by atoms with Crippen LogP contribution in [0.1, 0.15) is 45.6 Å². The summed E-state index contributed by atoms with van der Waals surface area (Å²) in [5.41, 5.74) is -0.145. The number of carbonyl (C=O) groups excluding carboxylic acids is 1. The van der Waals surface area contributed by atoms with E-state index in [2.05, 4.69) is 6.92 Å². The van der Waals surface area contributed by atoms with Crippen LogP contribution in [0.4, 0.5) is 0 Å². The molecular formula is C18H25BNO4S. The van der Waals surface area contributed by atoms with Crippen LogP contribution in [0.15, 0.2) is 29.2 Å². The highest BCUT2D eigenvalue weighted by Crippen LogP contribution is 2.49. The van der Waals surface area contributed by atoms with Crippen molar-refractivity contribution in [3.8, 4) is 0 Å². The molecule has 135 valence electrons. The Balaban J connectivity index is 2.10. The maximum atomic E-state index is 13.3. The normalized spacial score (nSPS) is 30.5. The highest BCUT2D eigenvalue weighted by Gasteiger charge is 2.62. The van der Waals surface area contributed by atoms with Gasteiger partial charge >= 0.3 is 13.6 Å². The predicted molar refractivity (Wildman–Crippen MR) is 96.1 cm³/mol. The van der Waals surface area contributed by atoms with Gasteiger partial charge in [0.2, 0.25) is 10.0 Å². The Kier molecular flexibility index (Phi) is 4.75. The van der Waals surface area contributed by atoms with Crippen LogP contribution in [-0.4, -0.2) is 31.8 Å². The van der Waals surface area contributed by atoms with Crippen molar-refractivity contribution >= 4 is 23.6 Å². The summed E-state index contributed by atoms with van der Waals surface area (Å²) >= 11 is 0. The van der Waals surface area contributed by atoms with Gasteiger partial charge in [0.25, 0.3) is 0 Å². The summed E-state index contributed by atoms with van der Waals surface area (Å²) in [5, 5.41) is 0. The summed E-state index contributed by atoms with van der Waals surface area (Å²) in [6.07, 6.45) is 2.31. The number of hydrogen-bond donors (Lipinski definition) is 0. The van der Waals surface area contributed by atoms with Crippen molar-refractivity contribution in [1.29, 1.82) is 0 Å². The van der Waals surface area contributed by atoms with Crippen LogP contribution in [0.5, 0.6) is 0 Å². The quantitative estimate of drug-likeness (QED) is 0.776. The van der Waals surface area contributed by atoms with Crippen molar-refractivity contribution in [2.45, 2.75) is 57.4 Å². The van der Waals surface area contributed by atoms with Crippen LogP contribution in [-0.2, 0) is 19.5 Å². The van der Waals surface area contributed by atoms with E-state index in [-0.39, 0.29) is 22.6 Å². The maximum absolute atomic E-state index is 13.3. The molecule has 1 aliphatic carbocycles. The number of nitrogens with zero attached hydrogens (tertiary/aromatic N) is 1. The fourth-order valence-electron chi connectivity index (χ4n) is 4.34. The molecule has 1 aromatic carbocycles. The van der Waals surface area contributed by atoms with Crippen molar-refractivity contribution in [2.24, 2.45) is 17.8 Å². The molecule has 0 aromatic heterocycles. The summed E-state index contributed by atoms with van der Waals surface area (Å²) in [6.45, 7) is 8.07. The van der Waals surface area contributed by atoms with Gasteiger partial charge in [-0.15, -0.1) is 0 Å². The van der Waals surface area contributed by atoms with E-state index in [0.717, 1.165) is 26.0 Å². The molecule has 2 aliphatic rings. The van der Waals surface area contributed by atoms with E-state index in [1.165, 1.54) is 4.22 Å². The van der Waals surface area contributed by atoms with Crippen LogP contribution >= 0.6 is 0 Å². The first-order chi connectivity index (χ1) is 11.7. The Bertz CT molecular complexity index is 762. The second-order valence-electron chi connectivity index (χ2n) is 7.79. The smallest absolute Gasteiger partial charge is 0.498 e. The number of rotatable bonds is 3. The Morgan fingerprint density at radius 1 is 1.24 bits per heavy atom. The Morgan fingerprint density at radius 2 is 1.88 bits per heavy atom. The van der Waals surface area contributed by atoms with E-state index in [9.17, 15) is 13.2 Å². The third kappa shape index (κ3) is 2.91. The SMILES string of the molecule is Cc1ccc(S(=O)(=O)N2[B]OC(=O)[C@@]23C[C@@H](C)CC[C@H]3C(C)C)cc1.